The van der Waals surface area contributed by atoms with Crippen LogP contribution in [0.15, 0.2) is 30.3 Å². The highest BCUT2D eigenvalue weighted by Gasteiger charge is 2.18. The van der Waals surface area contributed by atoms with Crippen molar-refractivity contribution in [1.82, 2.24) is 5.43 Å². The second-order valence-corrected chi connectivity index (χ2v) is 5.45. The van der Waals surface area contributed by atoms with E-state index in [2.05, 4.69) is 17.6 Å². The maximum atomic E-state index is 13.8. The highest BCUT2D eigenvalue weighted by molar-refractivity contribution is 5.40. The van der Waals surface area contributed by atoms with E-state index in [4.69, 9.17) is 5.84 Å². The quantitative estimate of drug-likeness (QED) is 0.666. The first-order chi connectivity index (χ1) is 9.93. The molecule has 3 N–H and O–H groups in total. The van der Waals surface area contributed by atoms with Gasteiger partial charge in [-0.2, -0.15) is 0 Å². The monoisotopic (exact) mass is 290 g/mol. The summed E-state index contributed by atoms with van der Waals surface area (Å²) in [6.07, 6.45) is 0.296. The molecule has 0 amide bonds. The van der Waals surface area contributed by atoms with Gasteiger partial charge >= 0.3 is 0 Å². The van der Waals surface area contributed by atoms with E-state index < -0.39 is 11.6 Å². The average molecular weight is 290 g/mol. The SMILES string of the molecule is Cc1cc(C)c(C(Cc2cccc(F)c2F)NN)c(C)c1. The zero-order chi connectivity index (χ0) is 15.6. The molecule has 0 saturated carbocycles. The van der Waals surface area contributed by atoms with Gasteiger partial charge in [-0.25, -0.2) is 8.78 Å². The van der Waals surface area contributed by atoms with E-state index in [-0.39, 0.29) is 6.04 Å². The maximum Gasteiger partial charge on any atom is 0.162 e. The third-order valence-corrected chi connectivity index (χ3v) is 3.74. The first-order valence-electron chi connectivity index (χ1n) is 6.90. The molecule has 0 spiro atoms. The molecule has 0 heterocycles. The molecule has 0 aliphatic carbocycles. The van der Waals surface area contributed by atoms with Crippen molar-refractivity contribution in [3.05, 3.63) is 69.8 Å². The standard InChI is InChI=1S/C17H20F2N2/c1-10-7-11(2)16(12(3)8-10)15(21-20)9-13-5-4-6-14(18)17(13)19/h4-8,15,21H,9,20H2,1-3H3. The Balaban J connectivity index is 2.39. The smallest absolute Gasteiger partial charge is 0.162 e. The normalized spacial score (nSPS) is 12.5. The van der Waals surface area contributed by atoms with E-state index in [1.807, 2.05) is 20.8 Å². The molecule has 0 aliphatic rings. The lowest BCUT2D eigenvalue weighted by Crippen LogP contribution is -2.31. The Morgan fingerprint density at radius 3 is 2.29 bits per heavy atom. The third kappa shape index (κ3) is 3.28. The molecule has 21 heavy (non-hydrogen) atoms. The molecule has 0 saturated heterocycles. The summed E-state index contributed by atoms with van der Waals surface area (Å²) in [5.41, 5.74) is 7.42. The van der Waals surface area contributed by atoms with Gasteiger partial charge in [0.2, 0.25) is 0 Å². The number of nitrogens with two attached hydrogens (primary N) is 1. The van der Waals surface area contributed by atoms with Gasteiger partial charge in [0.25, 0.3) is 0 Å². The molecule has 1 unspecified atom stereocenters. The summed E-state index contributed by atoms with van der Waals surface area (Å²) < 4.78 is 27.2. The molecule has 0 aliphatic heterocycles. The van der Waals surface area contributed by atoms with Gasteiger partial charge in [-0.3, -0.25) is 11.3 Å². The Morgan fingerprint density at radius 1 is 1.10 bits per heavy atom. The van der Waals surface area contributed by atoms with Crippen molar-refractivity contribution in [2.75, 3.05) is 0 Å². The van der Waals surface area contributed by atoms with E-state index in [0.717, 1.165) is 22.8 Å². The van der Waals surface area contributed by atoms with Gasteiger partial charge in [0.1, 0.15) is 0 Å². The molecule has 0 radical (unpaired) electrons. The van der Waals surface area contributed by atoms with Gasteiger partial charge in [-0.05, 0) is 55.5 Å². The van der Waals surface area contributed by atoms with Crippen molar-refractivity contribution in [1.29, 1.82) is 0 Å². The van der Waals surface area contributed by atoms with Crippen LogP contribution in [0.1, 0.15) is 33.9 Å². The van der Waals surface area contributed by atoms with Crippen LogP contribution in [0.3, 0.4) is 0 Å². The molecule has 1 atom stereocenters. The summed E-state index contributed by atoms with van der Waals surface area (Å²) >= 11 is 0. The zero-order valence-corrected chi connectivity index (χ0v) is 12.5. The van der Waals surface area contributed by atoms with E-state index in [0.29, 0.717) is 12.0 Å². The van der Waals surface area contributed by atoms with Crippen molar-refractivity contribution in [2.45, 2.75) is 33.2 Å². The van der Waals surface area contributed by atoms with Crippen LogP contribution >= 0.6 is 0 Å². The lowest BCUT2D eigenvalue weighted by molar-refractivity contribution is 0.480. The summed E-state index contributed by atoms with van der Waals surface area (Å²) in [4.78, 5) is 0. The minimum Gasteiger partial charge on any atom is -0.271 e. The van der Waals surface area contributed by atoms with Crippen LogP contribution in [-0.4, -0.2) is 0 Å². The number of halogens is 2. The Hall–Kier alpha value is -1.78. The molecule has 0 bridgehead atoms. The van der Waals surface area contributed by atoms with E-state index in [1.54, 1.807) is 6.07 Å². The van der Waals surface area contributed by atoms with Crippen LogP contribution in [0.5, 0.6) is 0 Å². The molecule has 0 fully saturated rings. The van der Waals surface area contributed by atoms with Gasteiger partial charge < -0.3 is 0 Å². The summed E-state index contributed by atoms with van der Waals surface area (Å²) in [6.45, 7) is 6.03. The number of rotatable bonds is 4. The molecule has 4 heteroatoms. The Bertz CT molecular complexity index is 630. The summed E-state index contributed by atoms with van der Waals surface area (Å²) in [7, 11) is 0. The summed E-state index contributed by atoms with van der Waals surface area (Å²) in [5, 5.41) is 0. The van der Waals surface area contributed by atoms with Crippen molar-refractivity contribution < 1.29 is 8.78 Å². The number of benzene rings is 2. The number of hydrogen-bond acceptors (Lipinski definition) is 2. The van der Waals surface area contributed by atoms with Gasteiger partial charge in [-0.1, -0.05) is 29.8 Å². The van der Waals surface area contributed by atoms with Gasteiger partial charge in [0, 0.05) is 0 Å². The van der Waals surface area contributed by atoms with Crippen LogP contribution in [0.4, 0.5) is 8.78 Å². The number of aryl methyl sites for hydroxylation is 3. The highest BCUT2D eigenvalue weighted by atomic mass is 19.2. The fourth-order valence-corrected chi connectivity index (χ4v) is 2.91. The summed E-state index contributed by atoms with van der Waals surface area (Å²) in [6, 6.07) is 8.08. The molecule has 2 rings (SSSR count). The minimum atomic E-state index is -0.833. The minimum absolute atomic E-state index is 0.262. The number of hydrogen-bond donors (Lipinski definition) is 2. The first-order valence-corrected chi connectivity index (χ1v) is 6.90. The highest BCUT2D eigenvalue weighted by Crippen LogP contribution is 2.27. The second-order valence-electron chi connectivity index (χ2n) is 5.45. The van der Waals surface area contributed by atoms with Crippen LogP contribution in [0.2, 0.25) is 0 Å². The average Bonchev–Trinajstić information content (AvgIpc) is 2.41. The van der Waals surface area contributed by atoms with Crippen molar-refractivity contribution >= 4 is 0 Å². The zero-order valence-electron chi connectivity index (χ0n) is 12.5. The van der Waals surface area contributed by atoms with Gasteiger partial charge in [0.15, 0.2) is 11.6 Å². The van der Waals surface area contributed by atoms with Crippen LogP contribution < -0.4 is 11.3 Å². The fraction of sp³-hybridized carbons (Fsp3) is 0.294. The maximum absolute atomic E-state index is 13.8. The molecule has 112 valence electrons. The number of nitrogens with one attached hydrogen (secondary N) is 1. The van der Waals surface area contributed by atoms with Crippen LogP contribution in [-0.2, 0) is 6.42 Å². The van der Waals surface area contributed by atoms with Crippen LogP contribution in [0.25, 0.3) is 0 Å². The van der Waals surface area contributed by atoms with Gasteiger partial charge in [-0.15, -0.1) is 0 Å². The van der Waals surface area contributed by atoms with E-state index in [9.17, 15) is 8.78 Å². The predicted molar refractivity (Wildman–Crippen MR) is 80.8 cm³/mol. The first kappa shape index (κ1) is 15.6. The Kier molecular flexibility index (Phi) is 4.70. The van der Waals surface area contributed by atoms with Crippen LogP contribution in [0, 0.1) is 32.4 Å². The molecule has 2 aromatic carbocycles. The molecule has 0 aromatic heterocycles. The van der Waals surface area contributed by atoms with E-state index >= 15 is 0 Å². The molecular weight excluding hydrogens is 270 g/mol. The van der Waals surface area contributed by atoms with Crippen molar-refractivity contribution in [3.63, 3.8) is 0 Å². The second kappa shape index (κ2) is 6.33. The molecular formula is C17H20F2N2. The summed E-state index contributed by atoms with van der Waals surface area (Å²) in [5.74, 6) is 4.01. The van der Waals surface area contributed by atoms with Crippen molar-refractivity contribution in [3.8, 4) is 0 Å². The topological polar surface area (TPSA) is 38.0 Å². The lowest BCUT2D eigenvalue weighted by atomic mass is 9.90. The fourth-order valence-electron chi connectivity index (χ4n) is 2.91. The predicted octanol–water partition coefficient (Wildman–Crippen LogP) is 3.64. The molecule has 2 nitrogen and oxygen atoms in total. The lowest BCUT2D eigenvalue weighted by Gasteiger charge is -2.22. The molecule has 2 aromatic rings. The Labute approximate surface area is 124 Å². The van der Waals surface area contributed by atoms with Gasteiger partial charge in [0.05, 0.1) is 6.04 Å². The van der Waals surface area contributed by atoms with E-state index in [1.165, 1.54) is 11.6 Å². The number of hydrazine groups is 1. The largest absolute Gasteiger partial charge is 0.271 e. The Morgan fingerprint density at radius 2 is 1.71 bits per heavy atom. The third-order valence-electron chi connectivity index (χ3n) is 3.74. The van der Waals surface area contributed by atoms with Crippen molar-refractivity contribution in [2.24, 2.45) is 5.84 Å².